The lowest BCUT2D eigenvalue weighted by Crippen LogP contribution is -2.02. The van der Waals surface area contributed by atoms with Gasteiger partial charge in [-0.2, -0.15) is 0 Å². The minimum atomic E-state index is -0.919. The van der Waals surface area contributed by atoms with Gasteiger partial charge in [-0.1, -0.05) is 0 Å². The smallest absolute Gasteiger partial charge is 0.137 e. The predicted molar refractivity (Wildman–Crippen MR) is 39.6 cm³/mol. The van der Waals surface area contributed by atoms with Crippen LogP contribution in [0.15, 0.2) is 11.7 Å². The van der Waals surface area contributed by atoms with Crippen LogP contribution in [0.25, 0.3) is 0 Å². The van der Waals surface area contributed by atoms with Crippen molar-refractivity contribution in [2.45, 2.75) is 12.6 Å². The lowest BCUT2D eigenvalue weighted by molar-refractivity contribution is 0.333. The fraction of sp³-hybridized carbons (Fsp3) is 0.500. The van der Waals surface area contributed by atoms with E-state index in [9.17, 15) is 4.39 Å². The molecule has 0 amide bonds. The van der Waals surface area contributed by atoms with Gasteiger partial charge < -0.3 is 5.73 Å². The molecule has 1 atom stereocenters. The summed E-state index contributed by atoms with van der Waals surface area (Å²) in [6.45, 7) is 0.388. The highest BCUT2D eigenvalue weighted by atomic mass is 32.1. The van der Waals surface area contributed by atoms with E-state index in [0.717, 1.165) is 0 Å². The van der Waals surface area contributed by atoms with Gasteiger partial charge in [0, 0.05) is 6.20 Å². The number of alkyl halides is 1. The van der Waals surface area contributed by atoms with E-state index in [-0.39, 0.29) is 0 Å². The molecule has 4 heteroatoms. The molecule has 1 unspecified atom stereocenters. The van der Waals surface area contributed by atoms with Gasteiger partial charge in [-0.15, -0.1) is 11.3 Å². The first kappa shape index (κ1) is 7.63. The Bertz CT molecular complexity index is 176. The van der Waals surface area contributed by atoms with Crippen molar-refractivity contribution >= 4 is 11.3 Å². The summed E-state index contributed by atoms with van der Waals surface area (Å²) in [5, 5.41) is 0. The zero-order valence-electron chi connectivity index (χ0n) is 5.46. The minimum Gasteiger partial charge on any atom is -0.330 e. The first-order valence-electron chi connectivity index (χ1n) is 3.07. The number of aromatic nitrogens is 1. The van der Waals surface area contributed by atoms with E-state index in [1.54, 1.807) is 11.7 Å². The molecule has 2 N–H and O–H groups in total. The van der Waals surface area contributed by atoms with Gasteiger partial charge in [0.2, 0.25) is 0 Å². The van der Waals surface area contributed by atoms with E-state index < -0.39 is 6.17 Å². The number of hydrogen-bond donors (Lipinski definition) is 1. The number of nitrogens with two attached hydrogens (primary N) is 1. The third-order valence-electron chi connectivity index (χ3n) is 1.18. The molecule has 0 radical (unpaired) electrons. The van der Waals surface area contributed by atoms with Gasteiger partial charge in [0.25, 0.3) is 0 Å². The molecule has 0 aliphatic rings. The van der Waals surface area contributed by atoms with Crippen LogP contribution in [-0.4, -0.2) is 11.5 Å². The van der Waals surface area contributed by atoms with Crippen molar-refractivity contribution in [3.8, 4) is 0 Å². The Morgan fingerprint density at radius 1 is 1.80 bits per heavy atom. The average Bonchev–Trinajstić information content (AvgIpc) is 2.38. The first-order chi connectivity index (χ1) is 4.84. The molecule has 0 saturated heterocycles. The highest BCUT2D eigenvalue weighted by Crippen LogP contribution is 2.23. The van der Waals surface area contributed by atoms with Crippen LogP contribution in [0.4, 0.5) is 4.39 Å². The number of nitrogens with zero attached hydrogens (tertiary/aromatic N) is 1. The molecule has 2 nitrogen and oxygen atoms in total. The highest BCUT2D eigenvalue weighted by Gasteiger charge is 2.08. The molecule has 56 valence electrons. The second-order valence-electron chi connectivity index (χ2n) is 1.95. The molecule has 1 aromatic rings. The SMILES string of the molecule is NCCC(F)c1cncs1. The third-order valence-corrected chi connectivity index (χ3v) is 2.04. The van der Waals surface area contributed by atoms with Gasteiger partial charge in [0.05, 0.1) is 10.4 Å². The molecule has 0 aliphatic heterocycles. The van der Waals surface area contributed by atoms with Crippen molar-refractivity contribution in [3.05, 3.63) is 16.6 Å². The maximum absolute atomic E-state index is 12.9. The Kier molecular flexibility index (Phi) is 2.77. The van der Waals surface area contributed by atoms with Crippen LogP contribution in [0.1, 0.15) is 17.5 Å². The van der Waals surface area contributed by atoms with E-state index in [0.29, 0.717) is 17.8 Å². The summed E-state index contributed by atoms with van der Waals surface area (Å²) in [5.41, 5.74) is 6.80. The Labute approximate surface area is 62.9 Å². The number of hydrogen-bond acceptors (Lipinski definition) is 3. The lowest BCUT2D eigenvalue weighted by atomic mass is 10.2. The Morgan fingerprint density at radius 3 is 3.10 bits per heavy atom. The van der Waals surface area contributed by atoms with Crippen LogP contribution in [0, 0.1) is 0 Å². The van der Waals surface area contributed by atoms with Crippen molar-refractivity contribution in [1.29, 1.82) is 0 Å². The molecular formula is C6H9FN2S. The molecule has 1 aromatic heterocycles. The molecule has 1 rings (SSSR count). The molecule has 0 bridgehead atoms. The second kappa shape index (κ2) is 3.63. The van der Waals surface area contributed by atoms with Crippen molar-refractivity contribution in [2.24, 2.45) is 5.73 Å². The molecule has 0 aliphatic carbocycles. The zero-order valence-corrected chi connectivity index (χ0v) is 6.27. The Balaban J connectivity index is 2.50. The molecule has 0 aromatic carbocycles. The maximum Gasteiger partial charge on any atom is 0.137 e. The van der Waals surface area contributed by atoms with Crippen LogP contribution in [-0.2, 0) is 0 Å². The van der Waals surface area contributed by atoms with Crippen molar-refractivity contribution < 1.29 is 4.39 Å². The second-order valence-corrected chi connectivity index (χ2v) is 2.87. The maximum atomic E-state index is 12.9. The van der Waals surface area contributed by atoms with Gasteiger partial charge in [-0.25, -0.2) is 4.39 Å². The van der Waals surface area contributed by atoms with Crippen LogP contribution in [0.3, 0.4) is 0 Å². The van der Waals surface area contributed by atoms with E-state index in [1.807, 2.05) is 0 Å². The van der Waals surface area contributed by atoms with Crippen molar-refractivity contribution in [1.82, 2.24) is 4.98 Å². The first-order valence-corrected chi connectivity index (χ1v) is 3.95. The molecule has 10 heavy (non-hydrogen) atoms. The number of thiazole rings is 1. The minimum absolute atomic E-state index is 0.388. The summed E-state index contributed by atoms with van der Waals surface area (Å²) in [5.74, 6) is 0. The van der Waals surface area contributed by atoms with E-state index >= 15 is 0 Å². The molecular weight excluding hydrogens is 151 g/mol. The molecule has 0 fully saturated rings. The lowest BCUT2D eigenvalue weighted by Gasteiger charge is -2.00. The van der Waals surface area contributed by atoms with Gasteiger partial charge in [0.1, 0.15) is 6.17 Å². The van der Waals surface area contributed by atoms with E-state index in [2.05, 4.69) is 4.98 Å². The van der Waals surface area contributed by atoms with Crippen LogP contribution in [0.5, 0.6) is 0 Å². The van der Waals surface area contributed by atoms with Gasteiger partial charge in [-0.05, 0) is 13.0 Å². The quantitative estimate of drug-likeness (QED) is 0.727. The van der Waals surface area contributed by atoms with Crippen molar-refractivity contribution in [3.63, 3.8) is 0 Å². The Hall–Kier alpha value is -0.480. The molecule has 0 saturated carbocycles. The monoisotopic (exact) mass is 160 g/mol. The predicted octanol–water partition coefficient (Wildman–Crippen LogP) is 1.50. The highest BCUT2D eigenvalue weighted by molar-refractivity contribution is 7.09. The summed E-state index contributed by atoms with van der Waals surface area (Å²) >= 11 is 1.33. The topological polar surface area (TPSA) is 38.9 Å². The fourth-order valence-electron chi connectivity index (χ4n) is 0.669. The van der Waals surface area contributed by atoms with Gasteiger partial charge in [0.15, 0.2) is 0 Å². The van der Waals surface area contributed by atoms with Gasteiger partial charge >= 0.3 is 0 Å². The summed E-state index contributed by atoms with van der Waals surface area (Å²) in [4.78, 5) is 4.43. The molecule has 0 spiro atoms. The van der Waals surface area contributed by atoms with Crippen LogP contribution in [0.2, 0.25) is 0 Å². The fourth-order valence-corrected chi connectivity index (χ4v) is 1.30. The largest absolute Gasteiger partial charge is 0.330 e. The van der Waals surface area contributed by atoms with Crippen LogP contribution >= 0.6 is 11.3 Å². The summed E-state index contributed by atoms with van der Waals surface area (Å²) in [7, 11) is 0. The van der Waals surface area contributed by atoms with E-state index in [4.69, 9.17) is 5.73 Å². The van der Waals surface area contributed by atoms with Gasteiger partial charge in [-0.3, -0.25) is 4.98 Å². The Morgan fingerprint density at radius 2 is 2.60 bits per heavy atom. The normalized spacial score (nSPS) is 13.4. The zero-order chi connectivity index (χ0) is 7.40. The van der Waals surface area contributed by atoms with E-state index in [1.165, 1.54) is 11.3 Å². The summed E-state index contributed by atoms with van der Waals surface area (Å²) < 4.78 is 12.9. The average molecular weight is 160 g/mol. The number of rotatable bonds is 3. The third kappa shape index (κ3) is 1.75. The summed E-state index contributed by atoms with van der Waals surface area (Å²) in [6, 6.07) is 0. The van der Waals surface area contributed by atoms with Crippen LogP contribution < -0.4 is 5.73 Å². The van der Waals surface area contributed by atoms with Crippen molar-refractivity contribution in [2.75, 3.05) is 6.54 Å². The standard InChI is InChI=1S/C6H9FN2S/c7-5(1-2-8)6-3-9-4-10-6/h3-5H,1-2,8H2. The summed E-state index contributed by atoms with van der Waals surface area (Å²) in [6.07, 6.45) is 1.02. The molecule has 1 heterocycles. The number of halogens is 1.